The molecule has 5 nitrogen and oxygen atoms in total. The van der Waals surface area contributed by atoms with Crippen molar-refractivity contribution in [2.45, 2.75) is 20.1 Å². The van der Waals surface area contributed by atoms with Crippen molar-refractivity contribution in [1.29, 1.82) is 0 Å². The first-order valence-corrected chi connectivity index (χ1v) is 8.14. The molecule has 25 heavy (non-hydrogen) atoms. The minimum atomic E-state index is -0.401. The molecule has 1 aromatic heterocycles. The zero-order valence-corrected chi connectivity index (χ0v) is 14.4. The third kappa shape index (κ3) is 3.90. The molecule has 0 saturated heterocycles. The van der Waals surface area contributed by atoms with Gasteiger partial charge in [0.2, 0.25) is 5.75 Å². The van der Waals surface area contributed by atoms with Crippen LogP contribution in [0.25, 0.3) is 0 Å². The predicted molar refractivity (Wildman–Crippen MR) is 96.2 cm³/mol. The van der Waals surface area contributed by atoms with Crippen LogP contribution in [-0.4, -0.2) is 14.9 Å². The number of rotatable bonds is 5. The second kappa shape index (κ2) is 7.51. The Bertz CT molecular complexity index is 936. The highest BCUT2D eigenvalue weighted by molar-refractivity contribution is 6.31. The molecule has 1 heterocycles. The van der Waals surface area contributed by atoms with Crippen LogP contribution in [0, 0.1) is 6.92 Å². The molecule has 0 unspecified atom stereocenters. The van der Waals surface area contributed by atoms with Crippen LogP contribution >= 0.6 is 11.6 Å². The van der Waals surface area contributed by atoms with E-state index in [0.717, 1.165) is 16.7 Å². The Morgan fingerprint density at radius 2 is 1.88 bits per heavy atom. The first-order chi connectivity index (χ1) is 12.1. The van der Waals surface area contributed by atoms with Crippen molar-refractivity contribution in [1.82, 2.24) is 9.78 Å². The second-order valence-corrected chi connectivity index (χ2v) is 6.02. The highest BCUT2D eigenvalue weighted by Crippen LogP contribution is 2.25. The quantitative estimate of drug-likeness (QED) is 0.759. The number of ether oxygens (including phenoxy) is 1. The zero-order valence-electron chi connectivity index (χ0n) is 13.6. The van der Waals surface area contributed by atoms with Crippen molar-refractivity contribution in [2.24, 2.45) is 0 Å². The molecule has 0 spiro atoms. The van der Waals surface area contributed by atoms with E-state index in [0.29, 0.717) is 12.3 Å². The van der Waals surface area contributed by atoms with Gasteiger partial charge in [0, 0.05) is 0 Å². The fourth-order valence-corrected chi connectivity index (χ4v) is 2.55. The molecule has 1 N–H and O–H groups in total. The summed E-state index contributed by atoms with van der Waals surface area (Å²) in [5.74, 6) is 0.492. The Balaban J connectivity index is 1.91. The summed E-state index contributed by atoms with van der Waals surface area (Å²) >= 11 is 6.10. The van der Waals surface area contributed by atoms with Crippen LogP contribution < -0.4 is 10.3 Å². The maximum Gasteiger partial charge on any atom is 0.311 e. The van der Waals surface area contributed by atoms with Crippen LogP contribution in [0.3, 0.4) is 0 Å². The summed E-state index contributed by atoms with van der Waals surface area (Å²) in [4.78, 5) is 12.7. The summed E-state index contributed by atoms with van der Waals surface area (Å²) in [5, 5.41) is 13.3. The third-order valence-corrected chi connectivity index (χ3v) is 4.13. The van der Waals surface area contributed by atoms with Crippen molar-refractivity contribution >= 4 is 11.6 Å². The standard InChI is InChI=1S/C19H17ClN2O3/c1-13-4-2-3-5-15(13)11-22-19(24)18(17(20)10-21-22)25-16-8-6-14(12-23)7-9-16/h2-10,23H,11-12H2,1H3. The van der Waals surface area contributed by atoms with E-state index in [2.05, 4.69) is 5.10 Å². The van der Waals surface area contributed by atoms with Gasteiger partial charge in [-0.2, -0.15) is 5.10 Å². The molecule has 0 amide bonds. The monoisotopic (exact) mass is 356 g/mol. The molecule has 3 rings (SSSR count). The number of hydrogen-bond acceptors (Lipinski definition) is 4. The molecule has 0 saturated carbocycles. The topological polar surface area (TPSA) is 64.3 Å². The highest BCUT2D eigenvalue weighted by Gasteiger charge is 2.13. The number of aliphatic hydroxyl groups is 1. The Morgan fingerprint density at radius 1 is 1.16 bits per heavy atom. The van der Waals surface area contributed by atoms with E-state index >= 15 is 0 Å². The first-order valence-electron chi connectivity index (χ1n) is 7.76. The maximum absolute atomic E-state index is 12.7. The lowest BCUT2D eigenvalue weighted by atomic mass is 10.1. The Morgan fingerprint density at radius 3 is 2.56 bits per heavy atom. The van der Waals surface area contributed by atoms with Crippen LogP contribution in [0.15, 0.2) is 59.5 Å². The van der Waals surface area contributed by atoms with Gasteiger partial charge in [-0.1, -0.05) is 48.0 Å². The van der Waals surface area contributed by atoms with E-state index < -0.39 is 5.56 Å². The van der Waals surface area contributed by atoms with Gasteiger partial charge in [-0.05, 0) is 35.7 Å². The number of aromatic nitrogens is 2. The normalized spacial score (nSPS) is 10.7. The number of aryl methyl sites for hydroxylation is 1. The van der Waals surface area contributed by atoms with Gasteiger partial charge in [0.25, 0.3) is 0 Å². The lowest BCUT2D eigenvalue weighted by Crippen LogP contribution is -2.24. The molecule has 6 heteroatoms. The summed E-state index contributed by atoms with van der Waals surface area (Å²) in [6, 6.07) is 14.6. The maximum atomic E-state index is 12.7. The Kier molecular flexibility index (Phi) is 5.16. The summed E-state index contributed by atoms with van der Waals surface area (Å²) < 4.78 is 6.99. The smallest absolute Gasteiger partial charge is 0.311 e. The number of hydrogen-bond donors (Lipinski definition) is 1. The predicted octanol–water partition coefficient (Wildman–Crippen LogP) is 3.54. The van der Waals surface area contributed by atoms with Gasteiger partial charge in [-0.25, -0.2) is 4.68 Å². The molecular weight excluding hydrogens is 340 g/mol. The molecular formula is C19H17ClN2O3. The van der Waals surface area contributed by atoms with Crippen LogP contribution in [0.1, 0.15) is 16.7 Å². The van der Waals surface area contributed by atoms with E-state index in [1.165, 1.54) is 10.9 Å². The van der Waals surface area contributed by atoms with Gasteiger partial charge in [0.05, 0.1) is 19.3 Å². The van der Waals surface area contributed by atoms with Gasteiger partial charge in [-0.15, -0.1) is 0 Å². The minimum absolute atomic E-state index is 0.0296. The lowest BCUT2D eigenvalue weighted by molar-refractivity contribution is 0.281. The Hall–Kier alpha value is -2.63. The third-order valence-electron chi connectivity index (χ3n) is 3.86. The summed E-state index contributed by atoms with van der Waals surface area (Å²) in [6.45, 7) is 2.26. The van der Waals surface area contributed by atoms with Gasteiger partial charge < -0.3 is 9.84 Å². The van der Waals surface area contributed by atoms with Crippen molar-refractivity contribution in [2.75, 3.05) is 0 Å². The number of benzene rings is 2. The molecule has 0 radical (unpaired) electrons. The number of nitrogens with zero attached hydrogens (tertiary/aromatic N) is 2. The fourth-order valence-electron chi connectivity index (χ4n) is 2.39. The molecule has 128 valence electrons. The summed E-state index contributed by atoms with van der Waals surface area (Å²) in [7, 11) is 0. The van der Waals surface area contributed by atoms with E-state index in [1.807, 2.05) is 31.2 Å². The van der Waals surface area contributed by atoms with Crippen molar-refractivity contribution in [3.8, 4) is 11.5 Å². The number of halogens is 1. The molecule has 0 bridgehead atoms. The average molecular weight is 357 g/mol. The number of aliphatic hydroxyl groups excluding tert-OH is 1. The summed E-state index contributed by atoms with van der Waals surface area (Å²) in [5.41, 5.74) is 2.43. The first kappa shape index (κ1) is 17.2. The molecule has 0 atom stereocenters. The van der Waals surface area contributed by atoms with Crippen molar-refractivity contribution < 1.29 is 9.84 Å². The molecule has 0 aliphatic heterocycles. The second-order valence-electron chi connectivity index (χ2n) is 5.62. The molecule has 0 aliphatic rings. The van der Waals surface area contributed by atoms with Gasteiger partial charge in [-0.3, -0.25) is 4.79 Å². The van der Waals surface area contributed by atoms with E-state index in [9.17, 15) is 4.79 Å². The highest BCUT2D eigenvalue weighted by atomic mass is 35.5. The zero-order chi connectivity index (χ0) is 17.8. The van der Waals surface area contributed by atoms with Crippen LogP contribution in [0.5, 0.6) is 11.5 Å². The van der Waals surface area contributed by atoms with Gasteiger partial charge in [0.1, 0.15) is 10.8 Å². The van der Waals surface area contributed by atoms with E-state index in [-0.39, 0.29) is 17.4 Å². The van der Waals surface area contributed by atoms with E-state index in [1.54, 1.807) is 24.3 Å². The van der Waals surface area contributed by atoms with Gasteiger partial charge >= 0.3 is 5.56 Å². The van der Waals surface area contributed by atoms with Crippen molar-refractivity contribution in [3.63, 3.8) is 0 Å². The van der Waals surface area contributed by atoms with Gasteiger partial charge in [0.15, 0.2) is 0 Å². The van der Waals surface area contributed by atoms with Crippen LogP contribution in [0.4, 0.5) is 0 Å². The minimum Gasteiger partial charge on any atom is -0.450 e. The van der Waals surface area contributed by atoms with E-state index in [4.69, 9.17) is 21.4 Å². The SMILES string of the molecule is Cc1ccccc1Cn1ncc(Cl)c(Oc2ccc(CO)cc2)c1=O. The summed E-state index contributed by atoms with van der Waals surface area (Å²) in [6.07, 6.45) is 1.40. The molecule has 0 aliphatic carbocycles. The molecule has 3 aromatic rings. The molecule has 2 aromatic carbocycles. The largest absolute Gasteiger partial charge is 0.450 e. The van der Waals surface area contributed by atoms with Crippen LogP contribution in [0.2, 0.25) is 5.02 Å². The average Bonchev–Trinajstić information content (AvgIpc) is 2.63. The fraction of sp³-hybridized carbons (Fsp3) is 0.158. The molecule has 0 fully saturated rings. The lowest BCUT2D eigenvalue weighted by Gasteiger charge is -2.11. The van der Waals surface area contributed by atoms with Crippen molar-refractivity contribution in [3.05, 3.63) is 86.8 Å². The van der Waals surface area contributed by atoms with Crippen LogP contribution in [-0.2, 0) is 13.2 Å². The Labute approximate surface area is 150 Å².